The number of phenols is 2. The number of nitrogen functional groups attached to an aromatic ring is 1. The Labute approximate surface area is 312 Å². The summed E-state index contributed by atoms with van der Waals surface area (Å²) in [5.41, 5.74) is 6.67. The summed E-state index contributed by atoms with van der Waals surface area (Å²) in [7, 11) is 4.05. The van der Waals surface area contributed by atoms with E-state index in [2.05, 4.69) is 10.1 Å². The SMILES string of the molecule is CC(C)(O/N=C(\C(=O)C[C@@H]1C(=O)N2C(C(=O)O)=C(C=Cc3ccc(C[N+](C)(C)Cc4cc(O)c(O)c(Cl)c4)cc3)CS[C@H]12)c1csc(N)n1)C(=O)O. The second-order valence-corrected chi connectivity index (χ2v) is 15.9. The Bertz CT molecular complexity index is 2000. The van der Waals surface area contributed by atoms with E-state index in [4.69, 9.17) is 22.2 Å². The number of Topliss-reactive ketones (excluding diaryl/α,β-unsaturated/α-hetero) is 1. The molecule has 14 nitrogen and oxygen atoms in total. The average Bonchev–Trinajstić information content (AvgIpc) is 3.50. The Morgan fingerprint density at radius 2 is 1.79 bits per heavy atom. The third kappa shape index (κ3) is 8.41. The normalized spacial score (nSPS) is 18.0. The number of ketones is 1. The zero-order chi connectivity index (χ0) is 38.1. The van der Waals surface area contributed by atoms with Gasteiger partial charge in [-0.3, -0.25) is 14.5 Å². The minimum absolute atomic E-state index is 0.0727. The zero-order valence-electron chi connectivity index (χ0n) is 28.6. The average molecular weight is 771 g/mol. The molecule has 0 bridgehead atoms. The van der Waals surface area contributed by atoms with Gasteiger partial charge < -0.3 is 35.5 Å². The molecule has 0 spiro atoms. The first-order chi connectivity index (χ1) is 24.4. The fourth-order valence-electron chi connectivity index (χ4n) is 5.74. The van der Waals surface area contributed by atoms with Crippen molar-refractivity contribution in [1.29, 1.82) is 0 Å². The van der Waals surface area contributed by atoms with Crippen molar-refractivity contribution >= 4 is 75.2 Å². The van der Waals surface area contributed by atoms with Crippen LogP contribution in [0, 0.1) is 5.92 Å². The molecule has 1 fully saturated rings. The first kappa shape index (κ1) is 38.3. The maximum Gasteiger partial charge on any atom is 0.352 e. The Balaban J connectivity index is 1.27. The first-order valence-electron chi connectivity index (χ1n) is 15.8. The highest BCUT2D eigenvalue weighted by Crippen LogP contribution is 2.45. The fourth-order valence-corrected chi connectivity index (χ4v) is 7.91. The number of aliphatic carboxylic acids is 2. The summed E-state index contributed by atoms with van der Waals surface area (Å²) in [6.45, 7) is 3.71. The van der Waals surface area contributed by atoms with E-state index < -0.39 is 40.5 Å². The van der Waals surface area contributed by atoms with Crippen LogP contribution in [0.25, 0.3) is 6.08 Å². The maximum atomic E-state index is 13.4. The van der Waals surface area contributed by atoms with Gasteiger partial charge in [-0.1, -0.05) is 53.2 Å². The van der Waals surface area contributed by atoms with Gasteiger partial charge in [0, 0.05) is 28.7 Å². The molecule has 52 heavy (non-hydrogen) atoms. The number of aromatic hydroxyl groups is 2. The Kier molecular flexibility index (Phi) is 11.0. The van der Waals surface area contributed by atoms with Crippen LogP contribution in [-0.4, -0.2) is 95.0 Å². The number of β-lactam (4-membered cyclic amide) rings is 1. The van der Waals surface area contributed by atoms with Crippen LogP contribution in [0.5, 0.6) is 11.5 Å². The molecule has 2 atom stereocenters. The lowest BCUT2D eigenvalue weighted by Gasteiger charge is -2.49. The number of hydrogen-bond donors (Lipinski definition) is 5. The van der Waals surface area contributed by atoms with Gasteiger partial charge in [-0.2, -0.15) is 0 Å². The van der Waals surface area contributed by atoms with Crippen LogP contribution in [0.15, 0.2) is 64.3 Å². The number of carboxylic acids is 2. The Morgan fingerprint density at radius 1 is 1.12 bits per heavy atom. The molecule has 1 amide bonds. The molecule has 0 aliphatic carbocycles. The molecule has 2 aromatic carbocycles. The van der Waals surface area contributed by atoms with E-state index in [9.17, 15) is 39.6 Å². The van der Waals surface area contributed by atoms with Crippen molar-refractivity contribution in [3.05, 3.63) is 86.5 Å². The Hall–Kier alpha value is -4.90. The van der Waals surface area contributed by atoms with Gasteiger partial charge in [-0.05, 0) is 37.1 Å². The second-order valence-electron chi connectivity index (χ2n) is 13.5. The summed E-state index contributed by atoms with van der Waals surface area (Å²) < 4.78 is 0.531. The number of hydrogen-bond acceptors (Lipinski definition) is 12. The summed E-state index contributed by atoms with van der Waals surface area (Å²) in [6, 6.07) is 10.8. The Morgan fingerprint density at radius 3 is 2.38 bits per heavy atom. The van der Waals surface area contributed by atoms with E-state index in [1.54, 1.807) is 18.2 Å². The molecule has 0 saturated carbocycles. The standard InChI is InChI=1S/C35H36ClN5O9S2/c1-35(2,33(48)49)50-39-27(24-17-52-34(37)38-24)25(42)13-22-30(45)40-28(32(46)47)21(16-51-31(22)40)10-9-18-5-7-19(8-6-18)14-41(3,4)15-20-11-23(36)29(44)26(43)12-20/h5-12,17,22,31H,13-16H2,1-4H3,(H5-,37,38,39,42,43,44,46,47,48,49)/p+1/t22-,31-/m1/s1. The third-order valence-electron chi connectivity index (χ3n) is 8.41. The van der Waals surface area contributed by atoms with Crippen LogP contribution in [-0.2, 0) is 37.1 Å². The van der Waals surface area contributed by atoms with E-state index in [0.29, 0.717) is 23.1 Å². The molecule has 0 radical (unpaired) electrons. The lowest BCUT2D eigenvalue weighted by Crippen LogP contribution is -2.62. The highest BCUT2D eigenvalue weighted by atomic mass is 35.5. The van der Waals surface area contributed by atoms with Gasteiger partial charge in [0.25, 0.3) is 0 Å². The van der Waals surface area contributed by atoms with Crippen molar-refractivity contribution in [1.82, 2.24) is 9.88 Å². The number of oxime groups is 1. The number of carboxylic acid groups (broad SMARTS) is 2. The monoisotopic (exact) mass is 770 g/mol. The number of thiazole rings is 1. The van der Waals surface area contributed by atoms with Crippen molar-refractivity contribution in [3.8, 4) is 11.5 Å². The van der Waals surface area contributed by atoms with Crippen LogP contribution < -0.4 is 5.73 Å². The molecule has 2 aliphatic rings. The smallest absolute Gasteiger partial charge is 0.352 e. The fraction of sp³-hybridized carbons (Fsp3) is 0.314. The number of phenolic OH excluding ortho intramolecular Hbond substituents is 2. The van der Waals surface area contributed by atoms with Crippen LogP contribution in [0.3, 0.4) is 0 Å². The van der Waals surface area contributed by atoms with Crippen LogP contribution in [0.1, 0.15) is 42.7 Å². The molecule has 2 aliphatic heterocycles. The zero-order valence-corrected chi connectivity index (χ0v) is 31.0. The molecule has 1 aromatic heterocycles. The number of carbonyl (C=O) groups excluding carboxylic acids is 2. The van der Waals surface area contributed by atoms with E-state index in [1.807, 2.05) is 38.4 Å². The van der Waals surface area contributed by atoms with Gasteiger partial charge in [0.2, 0.25) is 11.5 Å². The number of carbonyl (C=O) groups is 4. The van der Waals surface area contributed by atoms with Crippen molar-refractivity contribution in [2.24, 2.45) is 11.1 Å². The van der Waals surface area contributed by atoms with Crippen molar-refractivity contribution in [2.75, 3.05) is 25.6 Å². The lowest BCUT2D eigenvalue weighted by molar-refractivity contribution is -0.916. The highest BCUT2D eigenvalue weighted by Gasteiger charge is 2.54. The molecular formula is C35H37ClN5O9S2+. The first-order valence-corrected chi connectivity index (χ1v) is 18.1. The highest BCUT2D eigenvalue weighted by molar-refractivity contribution is 8.00. The van der Waals surface area contributed by atoms with Crippen LogP contribution in [0.4, 0.5) is 5.13 Å². The van der Waals surface area contributed by atoms with Crippen molar-refractivity contribution in [2.45, 2.75) is 44.3 Å². The minimum atomic E-state index is -1.75. The molecule has 1 saturated heterocycles. The minimum Gasteiger partial charge on any atom is -0.504 e. The number of amides is 1. The number of quaternary nitrogens is 1. The predicted octanol–water partition coefficient (Wildman–Crippen LogP) is 4.69. The van der Waals surface area contributed by atoms with Gasteiger partial charge in [0.05, 0.1) is 30.4 Å². The number of nitrogens with zero attached hydrogens (tertiary/aromatic N) is 4. The molecule has 0 unspecified atom stereocenters. The van der Waals surface area contributed by atoms with Crippen LogP contribution >= 0.6 is 34.7 Å². The summed E-state index contributed by atoms with van der Waals surface area (Å²) in [6.07, 6.45) is 3.12. The van der Waals surface area contributed by atoms with E-state index in [1.165, 1.54) is 42.0 Å². The molecule has 3 aromatic rings. The number of anilines is 1. The van der Waals surface area contributed by atoms with Gasteiger partial charge in [0.1, 0.15) is 24.5 Å². The van der Waals surface area contributed by atoms with E-state index in [-0.39, 0.29) is 50.9 Å². The quantitative estimate of drug-likeness (QED) is 0.0497. The van der Waals surface area contributed by atoms with Gasteiger partial charge in [-0.25, -0.2) is 14.6 Å². The maximum absolute atomic E-state index is 13.4. The van der Waals surface area contributed by atoms with Crippen molar-refractivity contribution in [3.63, 3.8) is 0 Å². The molecule has 5 rings (SSSR count). The number of nitrogens with two attached hydrogens (primary N) is 1. The number of aromatic nitrogens is 1. The lowest BCUT2D eigenvalue weighted by atomic mass is 9.89. The largest absolute Gasteiger partial charge is 0.504 e. The van der Waals surface area contributed by atoms with Crippen molar-refractivity contribution < 1.29 is 48.9 Å². The molecule has 3 heterocycles. The summed E-state index contributed by atoms with van der Waals surface area (Å²) in [5.74, 6) is -4.95. The molecule has 274 valence electrons. The second kappa shape index (κ2) is 15.0. The summed E-state index contributed by atoms with van der Waals surface area (Å²) in [4.78, 5) is 61.2. The third-order valence-corrected chi connectivity index (χ3v) is 10.7. The number of halogens is 1. The molecule has 6 N–H and O–H groups in total. The molecule has 17 heteroatoms. The van der Waals surface area contributed by atoms with Gasteiger partial charge >= 0.3 is 11.9 Å². The van der Waals surface area contributed by atoms with E-state index >= 15 is 0 Å². The van der Waals surface area contributed by atoms with E-state index in [0.717, 1.165) is 28.0 Å². The van der Waals surface area contributed by atoms with Crippen LogP contribution in [0.2, 0.25) is 5.02 Å². The summed E-state index contributed by atoms with van der Waals surface area (Å²) >= 11 is 8.41. The molecular weight excluding hydrogens is 734 g/mol. The number of thioether (sulfide) groups is 1. The number of allylic oxidation sites excluding steroid dienone is 1. The number of fused-ring (bicyclic) bond motifs is 1. The predicted molar refractivity (Wildman–Crippen MR) is 197 cm³/mol. The summed E-state index contributed by atoms with van der Waals surface area (Å²) in [5, 5.41) is 44.1. The van der Waals surface area contributed by atoms with Gasteiger partial charge in [0.15, 0.2) is 28.1 Å². The number of benzene rings is 2. The van der Waals surface area contributed by atoms with Gasteiger partial charge in [-0.15, -0.1) is 23.1 Å². The number of rotatable bonds is 14. The topological polar surface area (TPSA) is 213 Å².